The molecule has 252 valence electrons. The first-order valence-corrected chi connectivity index (χ1v) is 17.5. The number of carbonyl (C=O) groups is 2. The summed E-state index contributed by atoms with van der Waals surface area (Å²) in [5.41, 5.74) is 4.12. The predicted octanol–water partition coefficient (Wildman–Crippen LogP) is 9.67. The molecule has 47 heavy (non-hydrogen) atoms. The smallest absolute Gasteiger partial charge is 0.321 e. The fourth-order valence-electron chi connectivity index (χ4n) is 4.67. The lowest BCUT2D eigenvalue weighted by molar-refractivity contribution is -0.140. The molecular weight excluding hydrogens is 607 g/mol. The number of ether oxygens (including phenoxy) is 1. The summed E-state index contributed by atoms with van der Waals surface area (Å²) >= 11 is 0. The Bertz CT molecular complexity index is 1410. The summed E-state index contributed by atoms with van der Waals surface area (Å²) in [6.45, 7) is 9.24. The van der Waals surface area contributed by atoms with Crippen LogP contribution in [0.1, 0.15) is 93.6 Å². The quantitative estimate of drug-likeness (QED) is 0.103. The Balaban J connectivity index is 0.000000362. The molecule has 0 aliphatic heterocycles. The van der Waals surface area contributed by atoms with E-state index in [0.29, 0.717) is 17.9 Å². The average molecular weight is 658 g/mol. The Hall–Kier alpha value is -4.07. The first-order chi connectivity index (χ1) is 22.7. The van der Waals surface area contributed by atoms with Gasteiger partial charge in [-0.05, 0) is 80.2 Å². The van der Waals surface area contributed by atoms with Crippen LogP contribution in [0.4, 0.5) is 0 Å². The fourth-order valence-corrected chi connectivity index (χ4v) is 5.90. The molecule has 6 nitrogen and oxygen atoms in total. The Kier molecular flexibility index (Phi) is 19.4. The average Bonchev–Trinajstić information content (AvgIpc) is 3.06. The molecule has 4 rings (SSSR count). The molecule has 7 heteroatoms. The summed E-state index contributed by atoms with van der Waals surface area (Å²) < 4.78 is 20.7. The second kappa shape index (κ2) is 23.3. The third kappa shape index (κ3) is 16.4. The topological polar surface area (TPSA) is 92.7 Å². The Morgan fingerprint density at radius 3 is 2.09 bits per heavy atom. The van der Waals surface area contributed by atoms with Gasteiger partial charge in [-0.3, -0.25) is 9.59 Å². The first kappa shape index (κ1) is 39.1. The standard InChI is InChI=1S/C24H29NO4S.C8H8O.C8H14/c1-4-5-6-7-16-29-17-19-8-10-20(11-9-19)21-12-14-22(15-13-21)30(28)25-23(18(2)3)24(26)27;1-7(9)8-5-3-2-4-6-8;1-2-4-6-8-7-5-3-1/h4-12,14,16,18,23,25H,1,13,15,17H2,2-3H3,(H,26,27);2-6H,1H3;1-2H,3-8H2/b6-5-,16-7+;;2-1-. The SMILES string of the molecule is C1=C\CCCCCC/1.C=C/C=C\C=C\OCc1ccc(C2=CC=C(S(=O)NC(C(=O)O)C(C)C)CC2)cc1.CC(=O)c1ccccc1. The maximum atomic E-state index is 12.5. The molecule has 0 heterocycles. The molecular formula is C40H51NO5S. The molecule has 0 saturated carbocycles. The van der Waals surface area contributed by atoms with Crippen molar-refractivity contribution in [2.24, 2.45) is 5.92 Å². The molecule has 0 saturated heterocycles. The van der Waals surface area contributed by atoms with Crippen molar-refractivity contribution in [1.29, 1.82) is 0 Å². The zero-order chi connectivity index (χ0) is 34.3. The highest BCUT2D eigenvalue weighted by Gasteiger charge is 2.25. The minimum atomic E-state index is -1.51. The van der Waals surface area contributed by atoms with Crippen LogP contribution in [0.5, 0.6) is 0 Å². The van der Waals surface area contributed by atoms with Crippen LogP contribution in [0.15, 0.2) is 121 Å². The monoisotopic (exact) mass is 657 g/mol. The molecule has 2 aromatic carbocycles. The number of carboxylic acids is 1. The number of carbonyl (C=O) groups excluding carboxylic acids is 1. The molecule has 2 aliphatic rings. The van der Waals surface area contributed by atoms with Gasteiger partial charge in [0.2, 0.25) is 0 Å². The van der Waals surface area contributed by atoms with Crippen LogP contribution in [0.3, 0.4) is 0 Å². The molecule has 0 aromatic heterocycles. The second-order valence-electron chi connectivity index (χ2n) is 11.6. The molecule has 0 fully saturated rings. The number of aliphatic carboxylic acids is 1. The highest BCUT2D eigenvalue weighted by Crippen LogP contribution is 2.28. The third-order valence-corrected chi connectivity index (χ3v) is 8.75. The van der Waals surface area contributed by atoms with Gasteiger partial charge < -0.3 is 9.84 Å². The van der Waals surface area contributed by atoms with Crippen molar-refractivity contribution < 1.29 is 23.6 Å². The van der Waals surface area contributed by atoms with E-state index in [9.17, 15) is 18.9 Å². The number of Topliss-reactive ketones (excluding diaryl/α,β-unsaturated/α-hetero) is 1. The van der Waals surface area contributed by atoms with Crippen molar-refractivity contribution in [1.82, 2.24) is 4.72 Å². The van der Waals surface area contributed by atoms with Crippen LogP contribution in [0, 0.1) is 5.92 Å². The van der Waals surface area contributed by atoms with Crippen molar-refractivity contribution in [2.45, 2.75) is 84.8 Å². The zero-order valence-electron chi connectivity index (χ0n) is 28.1. The van der Waals surface area contributed by atoms with Gasteiger partial charge in [-0.2, -0.15) is 0 Å². The van der Waals surface area contributed by atoms with E-state index < -0.39 is 23.0 Å². The van der Waals surface area contributed by atoms with Gasteiger partial charge >= 0.3 is 5.97 Å². The van der Waals surface area contributed by atoms with Crippen LogP contribution >= 0.6 is 0 Å². The van der Waals surface area contributed by atoms with Crippen LogP contribution in [-0.2, 0) is 27.1 Å². The number of carboxylic acid groups (broad SMARTS) is 1. The van der Waals surface area contributed by atoms with Gasteiger partial charge in [0.15, 0.2) is 5.78 Å². The van der Waals surface area contributed by atoms with Gasteiger partial charge in [0.25, 0.3) is 0 Å². The Morgan fingerprint density at radius 1 is 0.915 bits per heavy atom. The highest BCUT2D eigenvalue weighted by molar-refractivity contribution is 7.87. The third-order valence-electron chi connectivity index (χ3n) is 7.46. The molecule has 0 radical (unpaired) electrons. The van der Waals surface area contributed by atoms with Crippen LogP contribution in [-0.4, -0.2) is 27.1 Å². The van der Waals surface area contributed by atoms with Crippen LogP contribution in [0.2, 0.25) is 0 Å². The van der Waals surface area contributed by atoms with Gasteiger partial charge in [0.1, 0.15) is 23.6 Å². The minimum Gasteiger partial charge on any atom is -0.497 e. The molecule has 0 bridgehead atoms. The normalized spacial score (nSPS) is 16.6. The molecule has 2 unspecified atom stereocenters. The van der Waals surface area contributed by atoms with E-state index in [1.54, 1.807) is 33.1 Å². The lowest BCUT2D eigenvalue weighted by Crippen LogP contribution is -2.42. The number of benzene rings is 2. The van der Waals surface area contributed by atoms with Gasteiger partial charge in [-0.15, -0.1) is 0 Å². The maximum absolute atomic E-state index is 12.5. The summed E-state index contributed by atoms with van der Waals surface area (Å²) in [6, 6.07) is 16.6. The maximum Gasteiger partial charge on any atom is 0.321 e. The van der Waals surface area contributed by atoms with E-state index in [0.717, 1.165) is 28.7 Å². The fraction of sp³-hybridized carbons (Fsp3) is 0.350. The summed E-state index contributed by atoms with van der Waals surface area (Å²) in [5, 5.41) is 9.26. The minimum absolute atomic E-state index is 0.121. The Labute approximate surface area is 284 Å². The van der Waals surface area contributed by atoms with Crippen molar-refractivity contribution in [3.63, 3.8) is 0 Å². The predicted molar refractivity (Wildman–Crippen MR) is 196 cm³/mol. The van der Waals surface area contributed by atoms with Crippen LogP contribution in [0.25, 0.3) is 5.57 Å². The van der Waals surface area contributed by atoms with E-state index in [1.165, 1.54) is 38.5 Å². The van der Waals surface area contributed by atoms with Crippen molar-refractivity contribution in [3.8, 4) is 0 Å². The summed E-state index contributed by atoms with van der Waals surface area (Å²) in [5.74, 6) is -1.02. The molecule has 2 aromatic rings. The van der Waals surface area contributed by atoms with Gasteiger partial charge in [0.05, 0.1) is 6.26 Å². The van der Waals surface area contributed by atoms with Crippen molar-refractivity contribution in [3.05, 3.63) is 138 Å². The lowest BCUT2D eigenvalue weighted by Gasteiger charge is -2.20. The number of allylic oxidation sites excluding steroid dienone is 10. The summed E-state index contributed by atoms with van der Waals surface area (Å²) in [7, 11) is -1.51. The molecule has 2 atom stereocenters. The van der Waals surface area contributed by atoms with Crippen LogP contribution < -0.4 is 4.72 Å². The van der Waals surface area contributed by atoms with E-state index in [-0.39, 0.29) is 11.7 Å². The number of ketones is 1. The number of hydrogen-bond acceptors (Lipinski definition) is 4. The zero-order valence-corrected chi connectivity index (χ0v) is 28.9. The van der Waals surface area contributed by atoms with E-state index >= 15 is 0 Å². The summed E-state index contributed by atoms with van der Waals surface area (Å²) in [4.78, 5) is 22.7. The highest BCUT2D eigenvalue weighted by atomic mass is 32.2. The van der Waals surface area contributed by atoms with Crippen molar-refractivity contribution in [2.75, 3.05) is 0 Å². The molecule has 0 amide bonds. The lowest BCUT2D eigenvalue weighted by atomic mass is 9.96. The van der Waals surface area contributed by atoms with E-state index in [2.05, 4.69) is 35.6 Å². The van der Waals surface area contributed by atoms with Gasteiger partial charge in [0, 0.05) is 10.5 Å². The number of hydrogen-bond donors (Lipinski definition) is 2. The second-order valence-corrected chi connectivity index (χ2v) is 12.9. The van der Waals surface area contributed by atoms with Gasteiger partial charge in [-0.25, -0.2) is 8.93 Å². The van der Waals surface area contributed by atoms with Crippen molar-refractivity contribution >= 4 is 28.3 Å². The first-order valence-electron chi connectivity index (χ1n) is 16.4. The number of rotatable bonds is 12. The van der Waals surface area contributed by atoms with Gasteiger partial charge in [-0.1, -0.05) is 124 Å². The molecule has 2 N–H and O–H groups in total. The largest absolute Gasteiger partial charge is 0.497 e. The molecule has 2 aliphatic carbocycles. The Morgan fingerprint density at radius 2 is 1.57 bits per heavy atom. The molecule has 0 spiro atoms. The van der Waals surface area contributed by atoms with E-state index in [4.69, 9.17) is 4.74 Å². The number of nitrogens with one attached hydrogen (secondary N) is 1. The summed E-state index contributed by atoms with van der Waals surface area (Å²) in [6.07, 6.45) is 27.0. The van der Waals surface area contributed by atoms with E-state index in [1.807, 2.05) is 72.8 Å².